The molecule has 198 valence electrons. The van der Waals surface area contributed by atoms with Gasteiger partial charge in [-0.15, -0.1) is 0 Å². The summed E-state index contributed by atoms with van der Waals surface area (Å²) in [5, 5.41) is 3.93. The molecule has 1 aliphatic rings. The minimum absolute atomic E-state index is 0.0706. The molecule has 8 heteroatoms. The van der Waals surface area contributed by atoms with Gasteiger partial charge in [-0.25, -0.2) is 9.37 Å². The minimum Gasteiger partial charge on any atom is -0.491 e. The number of benzene rings is 2. The number of rotatable bonds is 11. The van der Waals surface area contributed by atoms with Crippen LogP contribution in [0.4, 0.5) is 4.39 Å². The van der Waals surface area contributed by atoms with E-state index in [9.17, 15) is 9.18 Å². The Hall–Kier alpha value is -3.23. The molecule has 2 heterocycles. The van der Waals surface area contributed by atoms with E-state index in [-0.39, 0.29) is 23.5 Å². The number of nitrogens with zero attached hydrogens (tertiary/aromatic N) is 2. The van der Waals surface area contributed by atoms with Gasteiger partial charge in [-0.2, -0.15) is 0 Å². The number of carbonyl (C=O) groups excluding carboxylic acids is 1. The van der Waals surface area contributed by atoms with Crippen molar-refractivity contribution in [3.05, 3.63) is 65.6 Å². The van der Waals surface area contributed by atoms with E-state index in [0.717, 1.165) is 36.9 Å². The van der Waals surface area contributed by atoms with Crippen LogP contribution in [-0.2, 0) is 11.2 Å². The molecule has 0 bridgehead atoms. The largest absolute Gasteiger partial charge is 0.491 e. The molecule has 1 amide bonds. The number of ether oxygens (including phenoxy) is 3. The first kappa shape index (κ1) is 26.8. The number of methoxy groups -OCH3 is 1. The zero-order valence-corrected chi connectivity index (χ0v) is 21.8. The molecule has 1 atom stereocenters. The van der Waals surface area contributed by atoms with Crippen molar-refractivity contribution in [2.75, 3.05) is 40.0 Å². The highest BCUT2D eigenvalue weighted by Gasteiger charge is 2.24. The lowest BCUT2D eigenvalue weighted by Crippen LogP contribution is -2.49. The molecular formula is C29H36FN3O4. The number of nitrogens with one attached hydrogen (secondary N) is 1. The molecule has 3 aromatic rings. The Kier molecular flexibility index (Phi) is 9.30. The number of para-hydroxylation sites is 1. The Balaban J connectivity index is 1.56. The van der Waals surface area contributed by atoms with Gasteiger partial charge in [-0.3, -0.25) is 9.69 Å². The van der Waals surface area contributed by atoms with Crippen LogP contribution < -0.4 is 14.8 Å². The lowest BCUT2D eigenvalue weighted by molar-refractivity contribution is 0.0881. The minimum atomic E-state index is -0.264. The van der Waals surface area contributed by atoms with Gasteiger partial charge in [0.25, 0.3) is 5.91 Å². The first-order valence-electron chi connectivity index (χ1n) is 12.9. The van der Waals surface area contributed by atoms with Gasteiger partial charge in [0, 0.05) is 43.6 Å². The highest BCUT2D eigenvalue weighted by Crippen LogP contribution is 2.32. The van der Waals surface area contributed by atoms with Gasteiger partial charge in [0.2, 0.25) is 0 Å². The van der Waals surface area contributed by atoms with Gasteiger partial charge in [-0.1, -0.05) is 18.2 Å². The summed E-state index contributed by atoms with van der Waals surface area (Å²) in [5.41, 5.74) is 1.83. The number of fused-ring (bicyclic) bond motifs is 1. The quantitative estimate of drug-likeness (QED) is 0.380. The van der Waals surface area contributed by atoms with E-state index in [2.05, 4.69) is 24.1 Å². The SMILES string of the molecule is COCCOc1cc(C(=O)N[C@@H]2CCCN(C(C)C)C2)nc2c(OCCc3ccc(F)cc3)cccc12. The molecule has 0 unspecified atom stereocenters. The maximum Gasteiger partial charge on any atom is 0.270 e. The van der Waals surface area contributed by atoms with Gasteiger partial charge in [0.1, 0.15) is 35.1 Å². The second-order valence-electron chi connectivity index (χ2n) is 9.63. The number of amides is 1. The van der Waals surface area contributed by atoms with E-state index in [4.69, 9.17) is 19.2 Å². The van der Waals surface area contributed by atoms with Crippen molar-refractivity contribution in [1.82, 2.24) is 15.2 Å². The molecule has 1 fully saturated rings. The molecule has 0 spiro atoms. The monoisotopic (exact) mass is 509 g/mol. The van der Waals surface area contributed by atoms with Gasteiger partial charge < -0.3 is 19.5 Å². The summed E-state index contributed by atoms with van der Waals surface area (Å²) in [6.45, 7) is 7.38. The molecule has 0 aliphatic carbocycles. The average Bonchev–Trinajstić information content (AvgIpc) is 2.90. The van der Waals surface area contributed by atoms with Crippen molar-refractivity contribution in [2.45, 2.75) is 45.2 Å². The third kappa shape index (κ3) is 7.17. The standard InChI is InChI=1S/C29H36FN3O4/c1-20(2)33-14-5-6-23(19-33)31-29(34)25-18-27(37-17-16-35-3)24-7-4-8-26(28(24)32-25)36-15-13-21-9-11-22(30)12-10-21/h4,7-12,18,20,23H,5-6,13-17,19H2,1-3H3,(H,31,34)/t23-/m1/s1. The van der Waals surface area contributed by atoms with E-state index < -0.39 is 0 Å². The summed E-state index contributed by atoms with van der Waals surface area (Å²) in [4.78, 5) is 20.4. The number of hydrogen-bond donors (Lipinski definition) is 1. The zero-order chi connectivity index (χ0) is 26.2. The third-order valence-electron chi connectivity index (χ3n) is 6.62. The van der Waals surface area contributed by atoms with Gasteiger partial charge >= 0.3 is 0 Å². The Morgan fingerprint density at radius 1 is 1.11 bits per heavy atom. The van der Waals surface area contributed by atoms with Crippen molar-refractivity contribution >= 4 is 16.8 Å². The summed E-state index contributed by atoms with van der Waals surface area (Å²) >= 11 is 0. The van der Waals surface area contributed by atoms with Crippen molar-refractivity contribution in [3.63, 3.8) is 0 Å². The molecule has 0 saturated carbocycles. The summed E-state index contributed by atoms with van der Waals surface area (Å²) in [6.07, 6.45) is 2.60. The van der Waals surface area contributed by atoms with Gasteiger partial charge in [-0.05, 0) is 63.1 Å². The molecule has 7 nitrogen and oxygen atoms in total. The van der Waals surface area contributed by atoms with E-state index in [1.807, 2.05) is 18.2 Å². The van der Waals surface area contributed by atoms with Crippen LogP contribution in [0.1, 0.15) is 42.7 Å². The van der Waals surface area contributed by atoms with Crippen LogP contribution >= 0.6 is 0 Å². The maximum atomic E-state index is 13.3. The zero-order valence-electron chi connectivity index (χ0n) is 21.8. The van der Waals surface area contributed by atoms with Crippen LogP contribution in [0.2, 0.25) is 0 Å². The van der Waals surface area contributed by atoms with Crippen molar-refractivity contribution in [3.8, 4) is 11.5 Å². The molecule has 1 saturated heterocycles. The highest BCUT2D eigenvalue weighted by molar-refractivity contribution is 5.98. The predicted molar refractivity (Wildman–Crippen MR) is 142 cm³/mol. The van der Waals surface area contributed by atoms with Gasteiger partial charge in [0.15, 0.2) is 0 Å². The molecule has 37 heavy (non-hydrogen) atoms. The third-order valence-corrected chi connectivity index (χ3v) is 6.62. The molecule has 1 N–H and O–H groups in total. The van der Waals surface area contributed by atoms with Crippen LogP contribution in [0.3, 0.4) is 0 Å². The Labute approximate surface area is 217 Å². The summed E-state index contributed by atoms with van der Waals surface area (Å²) in [7, 11) is 1.62. The second kappa shape index (κ2) is 12.8. The first-order chi connectivity index (χ1) is 17.9. The van der Waals surface area contributed by atoms with Crippen LogP contribution in [0.15, 0.2) is 48.5 Å². The Morgan fingerprint density at radius 2 is 1.89 bits per heavy atom. The highest BCUT2D eigenvalue weighted by atomic mass is 19.1. The maximum absolute atomic E-state index is 13.3. The smallest absolute Gasteiger partial charge is 0.270 e. The number of hydrogen-bond acceptors (Lipinski definition) is 6. The molecule has 2 aromatic carbocycles. The topological polar surface area (TPSA) is 72.9 Å². The normalized spacial score (nSPS) is 16.2. The first-order valence-corrected chi connectivity index (χ1v) is 12.9. The fourth-order valence-corrected chi connectivity index (χ4v) is 4.56. The Morgan fingerprint density at radius 3 is 2.65 bits per heavy atom. The van der Waals surface area contributed by atoms with Crippen LogP contribution in [-0.4, -0.2) is 67.9 Å². The lowest BCUT2D eigenvalue weighted by Gasteiger charge is -2.35. The summed E-state index contributed by atoms with van der Waals surface area (Å²) < 4.78 is 30.4. The number of pyridine rings is 1. The lowest BCUT2D eigenvalue weighted by atomic mass is 10.0. The van der Waals surface area contributed by atoms with Gasteiger partial charge in [0.05, 0.1) is 13.2 Å². The fourth-order valence-electron chi connectivity index (χ4n) is 4.56. The average molecular weight is 510 g/mol. The number of carbonyl (C=O) groups is 1. The Bertz CT molecular complexity index is 1190. The molecule has 0 radical (unpaired) electrons. The van der Waals surface area contributed by atoms with Crippen molar-refractivity contribution < 1.29 is 23.4 Å². The number of piperidine rings is 1. The van der Waals surface area contributed by atoms with Crippen LogP contribution in [0.25, 0.3) is 10.9 Å². The fraction of sp³-hybridized carbons (Fsp3) is 0.448. The summed E-state index contributed by atoms with van der Waals surface area (Å²) in [5.74, 6) is 0.633. The molecule has 1 aromatic heterocycles. The van der Waals surface area contributed by atoms with Crippen molar-refractivity contribution in [1.29, 1.82) is 0 Å². The predicted octanol–water partition coefficient (Wildman–Crippen LogP) is 4.62. The number of aromatic nitrogens is 1. The van der Waals surface area contributed by atoms with E-state index in [1.54, 1.807) is 25.3 Å². The van der Waals surface area contributed by atoms with Crippen LogP contribution in [0.5, 0.6) is 11.5 Å². The van der Waals surface area contributed by atoms with E-state index in [1.165, 1.54) is 12.1 Å². The second-order valence-corrected chi connectivity index (χ2v) is 9.63. The van der Waals surface area contributed by atoms with Crippen molar-refractivity contribution in [2.24, 2.45) is 0 Å². The number of halogens is 1. The molecule has 4 rings (SSSR count). The van der Waals surface area contributed by atoms with E-state index >= 15 is 0 Å². The van der Waals surface area contributed by atoms with Crippen LogP contribution in [0, 0.1) is 5.82 Å². The molecular weight excluding hydrogens is 473 g/mol. The summed E-state index contributed by atoms with van der Waals surface area (Å²) in [6, 6.07) is 14.2. The molecule has 1 aliphatic heterocycles. The van der Waals surface area contributed by atoms with E-state index in [0.29, 0.717) is 49.3 Å². The number of likely N-dealkylation sites (tertiary alicyclic amines) is 1.